The molecule has 4 N–H and O–H groups in total. The molecule has 0 bridgehead atoms. The van der Waals surface area contributed by atoms with Crippen LogP contribution in [0.25, 0.3) is 0 Å². The highest BCUT2D eigenvalue weighted by Crippen LogP contribution is 2.08. The molecule has 18 heavy (non-hydrogen) atoms. The van der Waals surface area contributed by atoms with E-state index in [0.717, 1.165) is 0 Å². The van der Waals surface area contributed by atoms with Crippen LogP contribution in [0.3, 0.4) is 0 Å². The lowest BCUT2D eigenvalue weighted by Crippen LogP contribution is -2.31. The van der Waals surface area contributed by atoms with Gasteiger partial charge in [-0.1, -0.05) is 18.2 Å². The molecule has 0 aliphatic carbocycles. The topological polar surface area (TPSA) is 92.4 Å². The summed E-state index contributed by atoms with van der Waals surface area (Å²) in [5.41, 5.74) is 6.49. The van der Waals surface area contributed by atoms with E-state index in [1.807, 2.05) is 0 Å². The van der Waals surface area contributed by atoms with Crippen molar-refractivity contribution in [3.63, 3.8) is 0 Å². The first-order valence-electron chi connectivity index (χ1n) is 5.84. The summed E-state index contributed by atoms with van der Waals surface area (Å²) in [6.45, 7) is 2.18. The van der Waals surface area contributed by atoms with Crippen molar-refractivity contribution in [3.05, 3.63) is 35.4 Å². The second kappa shape index (κ2) is 6.76. The Morgan fingerprint density at radius 2 is 2.06 bits per heavy atom. The van der Waals surface area contributed by atoms with E-state index in [9.17, 15) is 9.59 Å². The molecule has 0 aromatic heterocycles. The van der Waals surface area contributed by atoms with Crippen LogP contribution in [0.1, 0.15) is 29.3 Å². The number of carbonyl (C=O) groups is 2. The summed E-state index contributed by atoms with van der Waals surface area (Å²) < 4.78 is 0. The maximum Gasteiger partial charge on any atom is 0.335 e. The molecule has 0 saturated carbocycles. The van der Waals surface area contributed by atoms with Gasteiger partial charge in [0, 0.05) is 19.0 Å². The van der Waals surface area contributed by atoms with E-state index in [0.29, 0.717) is 18.5 Å². The van der Waals surface area contributed by atoms with Gasteiger partial charge in [0.1, 0.15) is 0 Å². The first-order chi connectivity index (χ1) is 8.50. The standard InChI is InChI=1S/C13H18N2O3/c1-9(14)8-12(16)15-7-6-10-4-2-3-5-11(10)13(17)18/h2-5,9H,6-8,14H2,1H3,(H,15,16)(H,17,18). The van der Waals surface area contributed by atoms with Crippen molar-refractivity contribution in [3.8, 4) is 0 Å². The number of hydrogen-bond acceptors (Lipinski definition) is 3. The first-order valence-corrected chi connectivity index (χ1v) is 5.84. The number of hydrogen-bond donors (Lipinski definition) is 3. The molecule has 0 saturated heterocycles. The lowest BCUT2D eigenvalue weighted by atomic mass is 10.0. The van der Waals surface area contributed by atoms with Crippen LogP contribution in [0.15, 0.2) is 24.3 Å². The van der Waals surface area contributed by atoms with E-state index in [1.54, 1.807) is 31.2 Å². The largest absolute Gasteiger partial charge is 0.478 e. The number of nitrogens with two attached hydrogens (primary N) is 1. The Hall–Kier alpha value is -1.88. The summed E-state index contributed by atoms with van der Waals surface area (Å²) >= 11 is 0. The molecule has 1 unspecified atom stereocenters. The number of benzene rings is 1. The molecule has 0 aliphatic heterocycles. The predicted molar refractivity (Wildman–Crippen MR) is 68.4 cm³/mol. The second-order valence-electron chi connectivity index (χ2n) is 4.24. The maximum absolute atomic E-state index is 11.4. The SMILES string of the molecule is CC(N)CC(=O)NCCc1ccccc1C(=O)O. The normalized spacial score (nSPS) is 11.9. The first kappa shape index (κ1) is 14.2. The minimum atomic E-state index is -0.951. The summed E-state index contributed by atoms with van der Waals surface area (Å²) in [4.78, 5) is 22.3. The van der Waals surface area contributed by atoms with Crippen LogP contribution in [-0.4, -0.2) is 29.6 Å². The number of carboxylic acid groups (broad SMARTS) is 1. The average molecular weight is 250 g/mol. The summed E-state index contributed by atoms with van der Waals surface area (Å²) in [6, 6.07) is 6.60. The third-order valence-electron chi connectivity index (χ3n) is 2.47. The fraction of sp³-hybridized carbons (Fsp3) is 0.385. The lowest BCUT2D eigenvalue weighted by Gasteiger charge is -2.08. The van der Waals surface area contributed by atoms with Gasteiger partial charge in [0.2, 0.25) is 5.91 Å². The Kier molecular flexibility index (Phi) is 5.32. The molecular weight excluding hydrogens is 232 g/mol. The summed E-state index contributed by atoms with van der Waals surface area (Å²) in [7, 11) is 0. The van der Waals surface area contributed by atoms with Gasteiger partial charge in [0.05, 0.1) is 5.56 Å². The zero-order valence-electron chi connectivity index (χ0n) is 10.3. The van der Waals surface area contributed by atoms with Gasteiger partial charge in [-0.15, -0.1) is 0 Å². The van der Waals surface area contributed by atoms with Crippen LogP contribution in [0.2, 0.25) is 0 Å². The van der Waals surface area contributed by atoms with Crippen molar-refractivity contribution in [2.75, 3.05) is 6.54 Å². The molecule has 0 fully saturated rings. The number of carboxylic acids is 1. The summed E-state index contributed by atoms with van der Waals surface area (Å²) in [6.07, 6.45) is 0.772. The van der Waals surface area contributed by atoms with E-state index in [1.165, 1.54) is 0 Å². The van der Waals surface area contributed by atoms with Gasteiger partial charge in [-0.05, 0) is 25.0 Å². The second-order valence-corrected chi connectivity index (χ2v) is 4.24. The van der Waals surface area contributed by atoms with Crippen LogP contribution < -0.4 is 11.1 Å². The van der Waals surface area contributed by atoms with Gasteiger partial charge in [-0.3, -0.25) is 4.79 Å². The Labute approximate surface area is 106 Å². The third kappa shape index (κ3) is 4.55. The molecule has 1 amide bonds. The molecule has 5 heteroatoms. The molecule has 1 rings (SSSR count). The van der Waals surface area contributed by atoms with Crippen molar-refractivity contribution < 1.29 is 14.7 Å². The Balaban J connectivity index is 2.49. The molecular formula is C13H18N2O3. The number of amides is 1. The van der Waals surface area contributed by atoms with Crippen molar-refractivity contribution in [1.29, 1.82) is 0 Å². The molecule has 0 spiro atoms. The zero-order valence-corrected chi connectivity index (χ0v) is 10.3. The van der Waals surface area contributed by atoms with Gasteiger partial charge in [-0.25, -0.2) is 4.79 Å². The third-order valence-corrected chi connectivity index (χ3v) is 2.47. The molecule has 98 valence electrons. The summed E-state index contributed by atoms with van der Waals surface area (Å²) in [5.74, 6) is -1.06. The van der Waals surface area contributed by atoms with Gasteiger partial charge in [-0.2, -0.15) is 0 Å². The van der Waals surface area contributed by atoms with Crippen molar-refractivity contribution in [1.82, 2.24) is 5.32 Å². The number of rotatable bonds is 6. The minimum Gasteiger partial charge on any atom is -0.478 e. The molecule has 1 aromatic carbocycles. The lowest BCUT2D eigenvalue weighted by molar-refractivity contribution is -0.121. The monoisotopic (exact) mass is 250 g/mol. The van der Waals surface area contributed by atoms with E-state index in [-0.39, 0.29) is 23.9 Å². The van der Waals surface area contributed by atoms with E-state index < -0.39 is 5.97 Å². The van der Waals surface area contributed by atoms with E-state index in [4.69, 9.17) is 10.8 Å². The minimum absolute atomic E-state index is 0.113. The maximum atomic E-state index is 11.4. The highest BCUT2D eigenvalue weighted by Gasteiger charge is 2.09. The van der Waals surface area contributed by atoms with Crippen LogP contribution in [-0.2, 0) is 11.2 Å². The Bertz CT molecular complexity index is 430. The smallest absolute Gasteiger partial charge is 0.335 e. The number of aromatic carboxylic acids is 1. The van der Waals surface area contributed by atoms with Crippen molar-refractivity contribution in [2.45, 2.75) is 25.8 Å². The fourth-order valence-electron chi connectivity index (χ4n) is 1.65. The van der Waals surface area contributed by atoms with E-state index >= 15 is 0 Å². The van der Waals surface area contributed by atoms with Crippen LogP contribution in [0.5, 0.6) is 0 Å². The Morgan fingerprint density at radius 1 is 1.39 bits per heavy atom. The Morgan fingerprint density at radius 3 is 2.67 bits per heavy atom. The van der Waals surface area contributed by atoms with Crippen LogP contribution in [0, 0.1) is 0 Å². The highest BCUT2D eigenvalue weighted by atomic mass is 16.4. The number of carbonyl (C=O) groups excluding carboxylic acids is 1. The molecule has 0 aliphatic rings. The van der Waals surface area contributed by atoms with E-state index in [2.05, 4.69) is 5.32 Å². The van der Waals surface area contributed by atoms with Crippen LogP contribution >= 0.6 is 0 Å². The molecule has 1 aromatic rings. The zero-order chi connectivity index (χ0) is 13.5. The fourth-order valence-corrected chi connectivity index (χ4v) is 1.65. The quantitative estimate of drug-likeness (QED) is 0.695. The highest BCUT2D eigenvalue weighted by molar-refractivity contribution is 5.89. The van der Waals surface area contributed by atoms with Gasteiger partial charge in [0.25, 0.3) is 0 Å². The van der Waals surface area contributed by atoms with Gasteiger partial charge in [0.15, 0.2) is 0 Å². The van der Waals surface area contributed by atoms with Gasteiger partial charge < -0.3 is 16.2 Å². The van der Waals surface area contributed by atoms with Crippen LogP contribution in [0.4, 0.5) is 0 Å². The molecule has 1 atom stereocenters. The number of nitrogens with one attached hydrogen (secondary N) is 1. The average Bonchev–Trinajstić information content (AvgIpc) is 2.28. The van der Waals surface area contributed by atoms with Crippen molar-refractivity contribution >= 4 is 11.9 Å². The molecule has 0 heterocycles. The molecule has 5 nitrogen and oxygen atoms in total. The van der Waals surface area contributed by atoms with Gasteiger partial charge >= 0.3 is 5.97 Å². The van der Waals surface area contributed by atoms with Crippen molar-refractivity contribution in [2.24, 2.45) is 5.73 Å². The molecule has 0 radical (unpaired) electrons. The predicted octanol–water partition coefficient (Wildman–Crippen LogP) is 0.781. The summed E-state index contributed by atoms with van der Waals surface area (Å²) in [5, 5.41) is 11.7.